The summed E-state index contributed by atoms with van der Waals surface area (Å²) in [6.45, 7) is 6.69. The van der Waals surface area contributed by atoms with Crippen molar-refractivity contribution in [1.82, 2.24) is 10.3 Å². The molecule has 5 heteroatoms. The largest absolute Gasteiger partial charge is 0.355 e. The second kappa shape index (κ2) is 4.99. The number of aromatic nitrogens is 1. The maximum absolute atomic E-state index is 12.3. The fraction of sp³-hybridized carbons (Fsp3) is 0.500. The molecule has 0 spiro atoms. The van der Waals surface area contributed by atoms with Crippen LogP contribution < -0.4 is 10.6 Å². The number of hydrogen-bond acceptors (Lipinski definition) is 3. The van der Waals surface area contributed by atoms with Crippen LogP contribution in [0, 0.1) is 17.3 Å². The van der Waals surface area contributed by atoms with Gasteiger partial charge >= 0.3 is 0 Å². The molecule has 1 aromatic heterocycles. The van der Waals surface area contributed by atoms with Crippen LogP contribution in [0.4, 0.5) is 5.69 Å². The van der Waals surface area contributed by atoms with E-state index in [1.807, 2.05) is 20.8 Å². The van der Waals surface area contributed by atoms with Crippen molar-refractivity contribution in [2.24, 2.45) is 17.3 Å². The third kappa shape index (κ3) is 2.92. The van der Waals surface area contributed by atoms with Crippen LogP contribution in [0.5, 0.6) is 0 Å². The average Bonchev–Trinajstić information content (AvgIpc) is 2.72. The zero-order valence-electron chi connectivity index (χ0n) is 11.4. The lowest BCUT2D eigenvalue weighted by Crippen LogP contribution is -2.37. The Hall–Kier alpha value is -1.91. The van der Waals surface area contributed by atoms with Crippen molar-refractivity contribution in [3.63, 3.8) is 0 Å². The number of rotatable bonds is 2. The lowest BCUT2D eigenvalue weighted by molar-refractivity contribution is -0.132. The lowest BCUT2D eigenvalue weighted by Gasteiger charge is -2.29. The molecular formula is C14H19N3O2. The summed E-state index contributed by atoms with van der Waals surface area (Å²) in [5.74, 6) is -1.07. The number of pyridine rings is 1. The summed E-state index contributed by atoms with van der Waals surface area (Å²) in [5, 5.41) is 5.56. The minimum atomic E-state index is -0.631. The maximum Gasteiger partial charge on any atom is 0.237 e. The molecule has 102 valence electrons. The summed E-state index contributed by atoms with van der Waals surface area (Å²) in [6.07, 6.45) is 3.21. The van der Waals surface area contributed by atoms with E-state index >= 15 is 0 Å². The van der Waals surface area contributed by atoms with Crippen LogP contribution in [0.15, 0.2) is 24.5 Å². The standard InChI is InChI=1S/C14H19N3O2/c1-14(2,3)10-8-16-12(18)11(10)13(19)17-9-4-6-15-7-5-9/h4-7,10-11H,8H2,1-3H3,(H,16,18)(H,15,17,19)/t10-,11+/m0/s1. The summed E-state index contributed by atoms with van der Waals surface area (Å²) >= 11 is 0. The highest BCUT2D eigenvalue weighted by Gasteiger charge is 2.45. The predicted octanol–water partition coefficient (Wildman–Crippen LogP) is 1.43. The van der Waals surface area contributed by atoms with Gasteiger partial charge in [-0.2, -0.15) is 0 Å². The minimum absolute atomic E-state index is 0.00170. The number of nitrogens with one attached hydrogen (secondary N) is 2. The first kappa shape index (κ1) is 13.5. The van der Waals surface area contributed by atoms with Gasteiger partial charge in [0, 0.05) is 30.5 Å². The number of anilines is 1. The van der Waals surface area contributed by atoms with Crippen LogP contribution in [0.1, 0.15) is 20.8 Å². The van der Waals surface area contributed by atoms with E-state index < -0.39 is 5.92 Å². The van der Waals surface area contributed by atoms with Gasteiger partial charge in [-0.25, -0.2) is 0 Å². The Kier molecular flexibility index (Phi) is 3.55. The Morgan fingerprint density at radius 1 is 1.37 bits per heavy atom. The fourth-order valence-corrected chi connectivity index (χ4v) is 2.38. The normalized spacial score (nSPS) is 23.0. The number of carbonyl (C=O) groups excluding carboxylic acids is 2. The van der Waals surface area contributed by atoms with Crippen LogP contribution in [0.25, 0.3) is 0 Å². The van der Waals surface area contributed by atoms with Gasteiger partial charge in [0.05, 0.1) is 0 Å². The first-order chi connectivity index (χ1) is 8.89. The number of carbonyl (C=O) groups is 2. The molecule has 0 unspecified atom stereocenters. The van der Waals surface area contributed by atoms with Gasteiger partial charge in [0.2, 0.25) is 11.8 Å². The Labute approximate surface area is 112 Å². The third-order valence-corrected chi connectivity index (χ3v) is 3.52. The van der Waals surface area contributed by atoms with Gasteiger partial charge < -0.3 is 10.6 Å². The van der Waals surface area contributed by atoms with Crippen LogP contribution in [-0.4, -0.2) is 23.3 Å². The Bertz CT molecular complexity index is 479. The van der Waals surface area contributed by atoms with Gasteiger partial charge in [-0.05, 0) is 17.5 Å². The highest BCUT2D eigenvalue weighted by molar-refractivity contribution is 6.07. The number of amides is 2. The van der Waals surface area contributed by atoms with E-state index in [9.17, 15) is 9.59 Å². The monoisotopic (exact) mass is 261 g/mol. The second-order valence-electron chi connectivity index (χ2n) is 5.92. The van der Waals surface area contributed by atoms with E-state index in [4.69, 9.17) is 0 Å². The molecule has 2 rings (SSSR count). The van der Waals surface area contributed by atoms with Crippen molar-refractivity contribution in [3.8, 4) is 0 Å². The van der Waals surface area contributed by atoms with Crippen molar-refractivity contribution < 1.29 is 9.59 Å². The predicted molar refractivity (Wildman–Crippen MR) is 72.3 cm³/mol. The quantitative estimate of drug-likeness (QED) is 0.791. The molecule has 1 aromatic rings. The minimum Gasteiger partial charge on any atom is -0.355 e. The molecule has 0 bridgehead atoms. The van der Waals surface area contributed by atoms with Gasteiger partial charge in [0.15, 0.2) is 0 Å². The van der Waals surface area contributed by atoms with Gasteiger partial charge in [0.25, 0.3) is 0 Å². The Morgan fingerprint density at radius 2 is 2.00 bits per heavy atom. The molecule has 1 aliphatic heterocycles. The van der Waals surface area contributed by atoms with Crippen LogP contribution >= 0.6 is 0 Å². The topological polar surface area (TPSA) is 71.1 Å². The summed E-state index contributed by atoms with van der Waals surface area (Å²) in [7, 11) is 0. The SMILES string of the molecule is CC(C)(C)[C@H]1CNC(=O)[C@@H]1C(=O)Nc1ccncc1. The molecule has 2 atom stereocenters. The zero-order chi connectivity index (χ0) is 14.0. The molecule has 1 aliphatic rings. The van der Waals surface area contributed by atoms with Crippen LogP contribution in [0.3, 0.4) is 0 Å². The van der Waals surface area contributed by atoms with Gasteiger partial charge in [-0.3, -0.25) is 14.6 Å². The van der Waals surface area contributed by atoms with Crippen molar-refractivity contribution in [1.29, 1.82) is 0 Å². The van der Waals surface area contributed by atoms with Crippen molar-refractivity contribution >= 4 is 17.5 Å². The molecule has 1 saturated heterocycles. The molecule has 2 amide bonds. The number of nitrogens with zero attached hydrogens (tertiary/aromatic N) is 1. The molecule has 5 nitrogen and oxygen atoms in total. The summed E-state index contributed by atoms with van der Waals surface area (Å²) < 4.78 is 0. The van der Waals surface area contributed by atoms with E-state index in [0.717, 1.165) is 0 Å². The first-order valence-electron chi connectivity index (χ1n) is 6.38. The van der Waals surface area contributed by atoms with Crippen LogP contribution in [0.2, 0.25) is 0 Å². The molecule has 2 N–H and O–H groups in total. The molecule has 2 heterocycles. The highest BCUT2D eigenvalue weighted by Crippen LogP contribution is 2.35. The average molecular weight is 261 g/mol. The zero-order valence-corrected chi connectivity index (χ0v) is 11.4. The van der Waals surface area contributed by atoms with Gasteiger partial charge in [-0.15, -0.1) is 0 Å². The number of hydrogen-bond donors (Lipinski definition) is 2. The van der Waals surface area contributed by atoms with E-state index in [0.29, 0.717) is 12.2 Å². The summed E-state index contributed by atoms with van der Waals surface area (Å²) in [4.78, 5) is 28.1. The summed E-state index contributed by atoms with van der Waals surface area (Å²) in [5.41, 5.74) is 0.562. The van der Waals surface area contributed by atoms with Crippen LogP contribution in [-0.2, 0) is 9.59 Å². The molecule has 0 saturated carbocycles. The highest BCUT2D eigenvalue weighted by atomic mass is 16.2. The lowest BCUT2D eigenvalue weighted by atomic mass is 9.74. The van der Waals surface area contributed by atoms with Crippen molar-refractivity contribution in [2.45, 2.75) is 20.8 Å². The molecule has 0 radical (unpaired) electrons. The van der Waals surface area contributed by atoms with Gasteiger partial charge in [0.1, 0.15) is 5.92 Å². The molecule has 1 fully saturated rings. The fourth-order valence-electron chi connectivity index (χ4n) is 2.38. The van der Waals surface area contributed by atoms with Crippen molar-refractivity contribution in [2.75, 3.05) is 11.9 Å². The van der Waals surface area contributed by atoms with E-state index in [1.165, 1.54) is 0 Å². The van der Waals surface area contributed by atoms with E-state index in [2.05, 4.69) is 15.6 Å². The summed E-state index contributed by atoms with van der Waals surface area (Å²) in [6, 6.07) is 3.41. The smallest absolute Gasteiger partial charge is 0.237 e. The maximum atomic E-state index is 12.3. The Morgan fingerprint density at radius 3 is 2.58 bits per heavy atom. The third-order valence-electron chi connectivity index (χ3n) is 3.52. The molecule has 0 aliphatic carbocycles. The molecule has 0 aromatic carbocycles. The van der Waals surface area contributed by atoms with E-state index in [-0.39, 0.29) is 23.1 Å². The van der Waals surface area contributed by atoms with Crippen molar-refractivity contribution in [3.05, 3.63) is 24.5 Å². The molecular weight excluding hydrogens is 242 g/mol. The Balaban J connectivity index is 2.15. The molecule has 19 heavy (non-hydrogen) atoms. The van der Waals surface area contributed by atoms with Gasteiger partial charge in [-0.1, -0.05) is 20.8 Å². The van der Waals surface area contributed by atoms with E-state index in [1.54, 1.807) is 24.5 Å². The first-order valence-corrected chi connectivity index (χ1v) is 6.38. The second-order valence-corrected chi connectivity index (χ2v) is 5.92.